The van der Waals surface area contributed by atoms with Crippen LogP contribution in [-0.2, 0) is 0 Å². The number of ether oxygens (including phenoxy) is 1. The van der Waals surface area contributed by atoms with Crippen LogP contribution in [0.25, 0.3) is 16.6 Å². The average molecular weight is 366 g/mol. The van der Waals surface area contributed by atoms with E-state index in [2.05, 4.69) is 10.3 Å². The van der Waals surface area contributed by atoms with Gasteiger partial charge >= 0.3 is 0 Å². The Kier molecular flexibility index (Phi) is 4.33. The van der Waals surface area contributed by atoms with E-state index in [0.29, 0.717) is 22.8 Å². The van der Waals surface area contributed by atoms with Crippen LogP contribution in [0.2, 0.25) is 0 Å². The SMILES string of the molecule is COc1ccc(-n2c([C@H]3CCCN3)nc3ccc([N+](=O)[O-])cc3c2=O)cc1. The first kappa shape index (κ1) is 17.2. The van der Waals surface area contributed by atoms with Crippen molar-refractivity contribution in [3.05, 3.63) is 68.8 Å². The lowest BCUT2D eigenvalue weighted by Gasteiger charge is -2.18. The quantitative estimate of drug-likeness (QED) is 0.563. The Hall–Kier alpha value is -3.26. The second-order valence-corrected chi connectivity index (χ2v) is 6.42. The number of nitro benzene ring substituents is 1. The molecule has 1 saturated heterocycles. The number of aromatic nitrogens is 2. The zero-order valence-corrected chi connectivity index (χ0v) is 14.7. The van der Waals surface area contributed by atoms with Crippen LogP contribution in [0.3, 0.4) is 0 Å². The highest BCUT2D eigenvalue weighted by atomic mass is 16.6. The van der Waals surface area contributed by atoms with Gasteiger partial charge in [-0.15, -0.1) is 0 Å². The summed E-state index contributed by atoms with van der Waals surface area (Å²) in [5, 5.41) is 14.7. The van der Waals surface area contributed by atoms with Crippen molar-refractivity contribution in [1.29, 1.82) is 0 Å². The molecular formula is C19H18N4O4. The Morgan fingerprint density at radius 2 is 2.04 bits per heavy atom. The molecule has 0 spiro atoms. The number of nitro groups is 1. The second-order valence-electron chi connectivity index (χ2n) is 6.42. The van der Waals surface area contributed by atoms with Gasteiger partial charge in [-0.1, -0.05) is 0 Å². The minimum Gasteiger partial charge on any atom is -0.497 e. The number of nitrogens with zero attached hydrogens (tertiary/aromatic N) is 3. The molecule has 27 heavy (non-hydrogen) atoms. The molecular weight excluding hydrogens is 348 g/mol. The molecule has 0 bridgehead atoms. The Balaban J connectivity index is 1.99. The smallest absolute Gasteiger partial charge is 0.270 e. The van der Waals surface area contributed by atoms with E-state index >= 15 is 0 Å². The molecule has 1 fully saturated rings. The Morgan fingerprint density at radius 1 is 1.26 bits per heavy atom. The van der Waals surface area contributed by atoms with E-state index in [-0.39, 0.29) is 22.7 Å². The van der Waals surface area contributed by atoms with Gasteiger partial charge in [0.1, 0.15) is 11.6 Å². The van der Waals surface area contributed by atoms with Gasteiger partial charge in [0.05, 0.1) is 34.7 Å². The van der Waals surface area contributed by atoms with Crippen molar-refractivity contribution in [2.75, 3.05) is 13.7 Å². The zero-order chi connectivity index (χ0) is 19.0. The van der Waals surface area contributed by atoms with Crippen molar-refractivity contribution in [3.63, 3.8) is 0 Å². The van der Waals surface area contributed by atoms with Gasteiger partial charge in [0.2, 0.25) is 0 Å². The molecule has 1 aromatic heterocycles. The van der Waals surface area contributed by atoms with Crippen molar-refractivity contribution < 1.29 is 9.66 Å². The molecule has 0 aliphatic carbocycles. The lowest BCUT2D eigenvalue weighted by Crippen LogP contribution is -2.28. The maximum Gasteiger partial charge on any atom is 0.270 e. The molecule has 2 heterocycles. The third-order valence-corrected chi connectivity index (χ3v) is 4.79. The van der Waals surface area contributed by atoms with Gasteiger partial charge in [0.15, 0.2) is 0 Å². The first-order valence-corrected chi connectivity index (χ1v) is 8.67. The predicted molar refractivity (Wildman–Crippen MR) is 101 cm³/mol. The third kappa shape index (κ3) is 3.04. The summed E-state index contributed by atoms with van der Waals surface area (Å²) >= 11 is 0. The van der Waals surface area contributed by atoms with Crippen molar-refractivity contribution in [1.82, 2.24) is 14.9 Å². The highest BCUT2D eigenvalue weighted by Crippen LogP contribution is 2.26. The van der Waals surface area contributed by atoms with Gasteiger partial charge in [0, 0.05) is 12.1 Å². The number of hydrogen-bond acceptors (Lipinski definition) is 6. The predicted octanol–water partition coefficient (Wildman–Crippen LogP) is 2.73. The average Bonchev–Trinajstić information content (AvgIpc) is 3.22. The van der Waals surface area contributed by atoms with E-state index in [9.17, 15) is 14.9 Å². The number of methoxy groups -OCH3 is 1. The Morgan fingerprint density at radius 3 is 2.67 bits per heavy atom. The molecule has 1 aliphatic rings. The van der Waals surface area contributed by atoms with Crippen LogP contribution in [0.5, 0.6) is 5.75 Å². The highest BCUT2D eigenvalue weighted by Gasteiger charge is 2.24. The van der Waals surface area contributed by atoms with E-state index in [1.165, 1.54) is 22.8 Å². The second kappa shape index (κ2) is 6.81. The van der Waals surface area contributed by atoms with Crippen LogP contribution in [-0.4, -0.2) is 28.1 Å². The van der Waals surface area contributed by atoms with Crippen LogP contribution in [0.15, 0.2) is 47.3 Å². The molecule has 1 N–H and O–H groups in total. The maximum atomic E-state index is 13.3. The van der Waals surface area contributed by atoms with Crippen molar-refractivity contribution >= 4 is 16.6 Å². The molecule has 0 unspecified atom stereocenters. The standard InChI is InChI=1S/C19H18N4O4/c1-27-14-7-4-12(5-8-14)22-18(17-3-2-10-20-17)21-16-9-6-13(23(25)26)11-15(16)19(22)24/h4-9,11,17,20H,2-3,10H2,1H3/t17-/m1/s1. The largest absolute Gasteiger partial charge is 0.497 e. The molecule has 0 amide bonds. The monoisotopic (exact) mass is 366 g/mol. The minimum absolute atomic E-state index is 0.0422. The van der Waals surface area contributed by atoms with Gasteiger partial charge in [-0.05, 0) is 49.7 Å². The first-order valence-electron chi connectivity index (χ1n) is 8.67. The summed E-state index contributed by atoms with van der Waals surface area (Å²) in [6.07, 6.45) is 1.88. The fourth-order valence-corrected chi connectivity index (χ4v) is 3.42. The molecule has 8 nitrogen and oxygen atoms in total. The number of non-ortho nitro benzene ring substituents is 1. The van der Waals surface area contributed by atoms with Crippen molar-refractivity contribution in [2.24, 2.45) is 0 Å². The normalized spacial score (nSPS) is 16.6. The summed E-state index contributed by atoms with van der Waals surface area (Å²) in [7, 11) is 1.58. The fourth-order valence-electron chi connectivity index (χ4n) is 3.42. The molecule has 1 atom stereocenters. The minimum atomic E-state index is -0.511. The molecule has 8 heteroatoms. The Labute approximate surface area is 154 Å². The van der Waals surface area contributed by atoms with Gasteiger partial charge < -0.3 is 10.1 Å². The fraction of sp³-hybridized carbons (Fsp3) is 0.263. The lowest BCUT2D eigenvalue weighted by molar-refractivity contribution is -0.384. The number of benzene rings is 2. The van der Waals surface area contributed by atoms with E-state index in [0.717, 1.165) is 19.4 Å². The highest BCUT2D eigenvalue weighted by molar-refractivity contribution is 5.80. The van der Waals surface area contributed by atoms with E-state index in [1.807, 2.05) is 0 Å². The molecule has 1 aliphatic heterocycles. The van der Waals surface area contributed by atoms with Crippen molar-refractivity contribution in [3.8, 4) is 11.4 Å². The van der Waals surface area contributed by atoms with Crippen LogP contribution >= 0.6 is 0 Å². The number of fused-ring (bicyclic) bond motifs is 1. The zero-order valence-electron chi connectivity index (χ0n) is 14.7. The van der Waals surface area contributed by atoms with Gasteiger partial charge in [0.25, 0.3) is 11.2 Å². The summed E-state index contributed by atoms with van der Waals surface area (Å²) in [4.78, 5) is 28.6. The molecule has 2 aromatic carbocycles. The molecule has 0 saturated carbocycles. The van der Waals surface area contributed by atoms with Gasteiger partial charge in [-0.3, -0.25) is 19.5 Å². The molecule has 4 rings (SSSR count). The van der Waals surface area contributed by atoms with E-state index in [1.54, 1.807) is 31.4 Å². The summed E-state index contributed by atoms with van der Waals surface area (Å²) in [5.41, 5.74) is 0.649. The lowest BCUT2D eigenvalue weighted by atomic mass is 10.1. The number of rotatable bonds is 4. The van der Waals surface area contributed by atoms with Crippen LogP contribution in [0.1, 0.15) is 24.7 Å². The van der Waals surface area contributed by atoms with Crippen LogP contribution < -0.4 is 15.6 Å². The summed E-state index contributed by atoms with van der Waals surface area (Å²) in [5.74, 6) is 1.29. The first-order chi connectivity index (χ1) is 13.1. The molecule has 3 aromatic rings. The van der Waals surface area contributed by atoms with Crippen LogP contribution in [0, 0.1) is 10.1 Å². The topological polar surface area (TPSA) is 99.3 Å². The third-order valence-electron chi connectivity index (χ3n) is 4.79. The van der Waals surface area contributed by atoms with Gasteiger partial charge in [-0.25, -0.2) is 4.98 Å². The van der Waals surface area contributed by atoms with Crippen molar-refractivity contribution in [2.45, 2.75) is 18.9 Å². The summed E-state index contributed by atoms with van der Waals surface area (Å²) in [6.45, 7) is 0.863. The van der Waals surface area contributed by atoms with Gasteiger partial charge in [-0.2, -0.15) is 0 Å². The molecule has 0 radical (unpaired) electrons. The summed E-state index contributed by atoms with van der Waals surface area (Å²) < 4.78 is 6.72. The Bertz CT molecular complexity index is 1070. The maximum absolute atomic E-state index is 13.3. The van der Waals surface area contributed by atoms with E-state index < -0.39 is 4.92 Å². The molecule has 138 valence electrons. The number of hydrogen-bond donors (Lipinski definition) is 1. The van der Waals surface area contributed by atoms with E-state index in [4.69, 9.17) is 4.74 Å². The summed E-state index contributed by atoms with van der Waals surface area (Å²) in [6, 6.07) is 11.3. The van der Waals surface area contributed by atoms with Crippen LogP contribution in [0.4, 0.5) is 5.69 Å². The number of nitrogens with one attached hydrogen (secondary N) is 1.